The predicted molar refractivity (Wildman–Crippen MR) is 83.0 cm³/mol. The quantitative estimate of drug-likeness (QED) is 0.807. The second-order valence-corrected chi connectivity index (χ2v) is 6.66. The van der Waals surface area contributed by atoms with Crippen LogP contribution in [-0.2, 0) is 0 Å². The molecule has 0 aliphatic carbocycles. The highest BCUT2D eigenvalue weighted by molar-refractivity contribution is 7.10. The van der Waals surface area contributed by atoms with Gasteiger partial charge in [-0.15, -0.1) is 11.3 Å². The number of nitrogens with zero attached hydrogens (tertiary/aromatic N) is 1. The molecule has 0 aromatic carbocycles. The molecule has 0 aliphatic heterocycles. The smallest absolute Gasteiger partial charge is 0.252 e. The summed E-state index contributed by atoms with van der Waals surface area (Å²) in [4.78, 5) is 14.9. The van der Waals surface area contributed by atoms with Crippen LogP contribution in [0.2, 0.25) is 0 Å². The number of carbonyl (C=O) groups is 1. The predicted octanol–water partition coefficient (Wildman–Crippen LogP) is 1.41. The van der Waals surface area contributed by atoms with Gasteiger partial charge in [-0.2, -0.15) is 0 Å². The van der Waals surface area contributed by atoms with Crippen molar-refractivity contribution < 1.29 is 9.90 Å². The minimum absolute atomic E-state index is 0.0225. The molecule has 0 unspecified atom stereocenters. The van der Waals surface area contributed by atoms with Crippen molar-refractivity contribution in [3.8, 4) is 11.8 Å². The summed E-state index contributed by atoms with van der Waals surface area (Å²) in [7, 11) is 4.04. The van der Waals surface area contributed by atoms with Gasteiger partial charge in [0.25, 0.3) is 5.91 Å². The largest absolute Gasteiger partial charge is 0.384 e. The first kappa shape index (κ1) is 16.7. The molecule has 0 bridgehead atoms. The Morgan fingerprint density at radius 2 is 2.20 bits per heavy atom. The number of carbonyl (C=O) groups excluding carboxylic acids is 1. The highest BCUT2D eigenvalue weighted by Crippen LogP contribution is 2.16. The van der Waals surface area contributed by atoms with Crippen LogP contribution in [0, 0.1) is 17.3 Å². The number of nitrogens with one attached hydrogen (secondary N) is 1. The van der Waals surface area contributed by atoms with Gasteiger partial charge in [0, 0.05) is 18.5 Å². The van der Waals surface area contributed by atoms with Crippen molar-refractivity contribution in [2.45, 2.75) is 13.8 Å². The van der Waals surface area contributed by atoms with Crippen LogP contribution >= 0.6 is 11.3 Å². The third-order valence-corrected chi connectivity index (χ3v) is 3.47. The first-order valence-electron chi connectivity index (χ1n) is 6.45. The molecule has 20 heavy (non-hydrogen) atoms. The van der Waals surface area contributed by atoms with Gasteiger partial charge in [-0.25, -0.2) is 0 Å². The van der Waals surface area contributed by atoms with Gasteiger partial charge in [0.2, 0.25) is 0 Å². The maximum absolute atomic E-state index is 12.0. The van der Waals surface area contributed by atoms with Gasteiger partial charge in [0.15, 0.2) is 0 Å². The molecule has 1 rings (SSSR count). The normalized spacial score (nSPS) is 11.1. The van der Waals surface area contributed by atoms with E-state index in [1.807, 2.05) is 14.1 Å². The fraction of sp³-hybridized carbons (Fsp3) is 0.533. The molecule has 0 saturated carbocycles. The molecule has 2 N–H and O–H groups in total. The van der Waals surface area contributed by atoms with Crippen molar-refractivity contribution in [3.63, 3.8) is 0 Å². The molecule has 0 aliphatic rings. The van der Waals surface area contributed by atoms with Crippen LogP contribution in [0.1, 0.15) is 29.1 Å². The summed E-state index contributed by atoms with van der Waals surface area (Å²) in [5, 5.41) is 13.4. The third kappa shape index (κ3) is 5.74. The molecule has 1 heterocycles. The van der Waals surface area contributed by atoms with Crippen molar-refractivity contribution in [1.82, 2.24) is 10.2 Å². The lowest BCUT2D eigenvalue weighted by molar-refractivity contribution is 0.0929. The van der Waals surface area contributed by atoms with E-state index in [1.165, 1.54) is 11.3 Å². The van der Waals surface area contributed by atoms with E-state index >= 15 is 0 Å². The first-order chi connectivity index (χ1) is 9.34. The summed E-state index contributed by atoms with van der Waals surface area (Å²) in [5.41, 5.74) is 0.646. The van der Waals surface area contributed by atoms with E-state index < -0.39 is 0 Å². The monoisotopic (exact) mass is 294 g/mol. The van der Waals surface area contributed by atoms with Gasteiger partial charge in [0.1, 0.15) is 6.61 Å². The van der Waals surface area contributed by atoms with Gasteiger partial charge >= 0.3 is 0 Å². The number of thiophene rings is 1. The average Bonchev–Trinajstić information content (AvgIpc) is 2.80. The topological polar surface area (TPSA) is 52.6 Å². The Kier molecular flexibility index (Phi) is 6.21. The van der Waals surface area contributed by atoms with Gasteiger partial charge in [-0.05, 0) is 25.6 Å². The standard InChI is InChI=1S/C15H22N2O2S/c1-15(2,11-17(3)4)10-16-14(19)12-8-13(20-9-12)6-5-7-18/h8-9,18H,7,10-11H2,1-4H3,(H,16,19). The Balaban J connectivity index is 2.57. The third-order valence-electron chi connectivity index (χ3n) is 2.62. The summed E-state index contributed by atoms with van der Waals surface area (Å²) in [5.74, 6) is 5.29. The van der Waals surface area contributed by atoms with Gasteiger partial charge in [-0.1, -0.05) is 25.7 Å². The van der Waals surface area contributed by atoms with Gasteiger partial charge in [-0.3, -0.25) is 4.79 Å². The number of rotatable bonds is 5. The summed E-state index contributed by atoms with van der Waals surface area (Å²) in [6.45, 7) is 5.61. The maximum Gasteiger partial charge on any atom is 0.252 e. The SMILES string of the molecule is CN(C)CC(C)(C)CNC(=O)c1csc(C#CCO)c1. The van der Waals surface area contributed by atoms with Crippen LogP contribution < -0.4 is 5.32 Å². The lowest BCUT2D eigenvalue weighted by atomic mass is 9.93. The molecule has 0 fully saturated rings. The fourth-order valence-corrected chi connectivity index (χ4v) is 2.74. The van der Waals surface area contributed by atoms with Gasteiger partial charge < -0.3 is 15.3 Å². The van der Waals surface area contributed by atoms with Crippen LogP contribution in [0.4, 0.5) is 0 Å². The molecular weight excluding hydrogens is 272 g/mol. The lowest BCUT2D eigenvalue weighted by Gasteiger charge is -2.28. The van der Waals surface area contributed by atoms with Crippen molar-refractivity contribution in [3.05, 3.63) is 21.9 Å². The lowest BCUT2D eigenvalue weighted by Crippen LogP contribution is -2.39. The van der Waals surface area contributed by atoms with Gasteiger partial charge in [0.05, 0.1) is 10.4 Å². The number of hydrogen-bond donors (Lipinski definition) is 2. The molecule has 0 saturated heterocycles. The Hall–Kier alpha value is -1.35. The summed E-state index contributed by atoms with van der Waals surface area (Å²) in [6, 6.07) is 1.75. The second kappa shape index (κ2) is 7.44. The first-order valence-corrected chi connectivity index (χ1v) is 7.33. The fourth-order valence-electron chi connectivity index (χ4n) is 1.98. The molecule has 0 spiro atoms. The molecule has 110 valence electrons. The molecule has 0 atom stereocenters. The van der Waals surface area contributed by atoms with E-state index in [4.69, 9.17) is 5.11 Å². The maximum atomic E-state index is 12.0. The van der Waals surface area contributed by atoms with Crippen LogP contribution in [0.5, 0.6) is 0 Å². The van der Waals surface area contributed by atoms with Crippen molar-refractivity contribution in [1.29, 1.82) is 0 Å². The highest BCUT2D eigenvalue weighted by Gasteiger charge is 2.20. The van der Waals surface area contributed by atoms with Crippen molar-refractivity contribution >= 4 is 17.2 Å². The minimum Gasteiger partial charge on any atom is -0.384 e. The zero-order chi connectivity index (χ0) is 15.2. The number of hydrogen-bond acceptors (Lipinski definition) is 4. The van der Waals surface area contributed by atoms with E-state index in [2.05, 4.69) is 35.9 Å². The van der Waals surface area contributed by atoms with Crippen LogP contribution in [-0.4, -0.2) is 49.7 Å². The molecule has 5 heteroatoms. The number of amides is 1. The highest BCUT2D eigenvalue weighted by atomic mass is 32.1. The number of aliphatic hydroxyl groups is 1. The Morgan fingerprint density at radius 1 is 1.50 bits per heavy atom. The molecular formula is C15H22N2O2S. The van der Waals surface area contributed by atoms with Crippen molar-refractivity contribution in [2.24, 2.45) is 5.41 Å². The zero-order valence-corrected chi connectivity index (χ0v) is 13.3. The van der Waals surface area contributed by atoms with E-state index in [9.17, 15) is 4.79 Å². The minimum atomic E-state index is -0.168. The van der Waals surface area contributed by atoms with E-state index in [0.717, 1.165) is 11.4 Å². The Labute approximate surface area is 124 Å². The Morgan fingerprint density at radius 3 is 2.80 bits per heavy atom. The summed E-state index contributed by atoms with van der Waals surface area (Å²) < 4.78 is 0. The molecule has 4 nitrogen and oxygen atoms in total. The average molecular weight is 294 g/mol. The van der Waals surface area contributed by atoms with Crippen LogP contribution in [0.3, 0.4) is 0 Å². The summed E-state index contributed by atoms with van der Waals surface area (Å²) in [6.07, 6.45) is 0. The second-order valence-electron chi connectivity index (χ2n) is 5.74. The molecule has 0 radical (unpaired) electrons. The summed E-state index contributed by atoms with van der Waals surface area (Å²) >= 11 is 1.41. The van der Waals surface area contributed by atoms with E-state index in [0.29, 0.717) is 12.1 Å². The van der Waals surface area contributed by atoms with E-state index in [-0.39, 0.29) is 17.9 Å². The van der Waals surface area contributed by atoms with Crippen LogP contribution in [0.25, 0.3) is 0 Å². The molecule has 1 amide bonds. The zero-order valence-electron chi connectivity index (χ0n) is 12.5. The van der Waals surface area contributed by atoms with E-state index in [1.54, 1.807) is 11.4 Å². The molecule has 1 aromatic heterocycles. The molecule has 1 aromatic rings. The van der Waals surface area contributed by atoms with Crippen LogP contribution in [0.15, 0.2) is 11.4 Å². The van der Waals surface area contributed by atoms with Crippen molar-refractivity contribution in [2.75, 3.05) is 33.8 Å². The Bertz CT molecular complexity index is 509. The number of aliphatic hydroxyl groups excluding tert-OH is 1.